The summed E-state index contributed by atoms with van der Waals surface area (Å²) >= 11 is 1.90. The van der Waals surface area contributed by atoms with Gasteiger partial charge in [0.05, 0.1) is 22.6 Å². The molecule has 4 aromatic carbocycles. The summed E-state index contributed by atoms with van der Waals surface area (Å²) in [5.41, 5.74) is -3.95. The summed E-state index contributed by atoms with van der Waals surface area (Å²) in [5, 5.41) is 24.4. The number of nitrogens with zero attached hydrogens (tertiary/aromatic N) is 3. The molecule has 6 rings (SSSR count). The van der Waals surface area contributed by atoms with E-state index in [4.69, 9.17) is 0 Å². The lowest BCUT2D eigenvalue weighted by molar-refractivity contribution is 0.102. The van der Waals surface area contributed by atoms with E-state index in [0.29, 0.717) is 20.3 Å². The first-order chi connectivity index (χ1) is 23.7. The molecule has 0 aliphatic carbocycles. The zero-order valence-electron chi connectivity index (χ0n) is 25.7. The second-order valence-electron chi connectivity index (χ2n) is 11.0. The van der Waals surface area contributed by atoms with Crippen LogP contribution in [-0.2, 0) is 7.05 Å². The molecule has 2 heterocycles. The van der Waals surface area contributed by atoms with E-state index in [9.17, 15) is 42.6 Å². The maximum atomic E-state index is 15.1. The number of hydrogen-bond acceptors (Lipinski definition) is 7. The number of phenolic OH excluding ortho intramolecular Hbond substituents is 2. The molecule has 254 valence electrons. The van der Waals surface area contributed by atoms with Crippen molar-refractivity contribution in [1.29, 1.82) is 0 Å². The fourth-order valence-electron chi connectivity index (χ4n) is 5.40. The lowest BCUT2D eigenvalue weighted by Gasteiger charge is -2.21. The molecule has 0 radical (unpaired) electrons. The Hall–Kier alpha value is -5.91. The second-order valence-corrected chi connectivity index (χ2v) is 12.2. The van der Waals surface area contributed by atoms with Crippen molar-refractivity contribution in [3.05, 3.63) is 142 Å². The first-order valence-electron chi connectivity index (χ1n) is 14.4. The Kier molecular flexibility index (Phi) is 8.73. The van der Waals surface area contributed by atoms with Crippen molar-refractivity contribution in [3.8, 4) is 22.9 Å². The molecule has 0 fully saturated rings. The fraction of sp³-hybridized carbons (Fsp3) is 0.0588. The highest BCUT2D eigenvalue weighted by Crippen LogP contribution is 2.29. The van der Waals surface area contributed by atoms with E-state index in [-0.39, 0.29) is 45.0 Å². The van der Waals surface area contributed by atoms with Gasteiger partial charge in [-0.25, -0.2) is 22.5 Å². The van der Waals surface area contributed by atoms with Crippen LogP contribution in [0, 0.1) is 33.8 Å². The smallest absolute Gasteiger partial charge is 0.340 e. The maximum absolute atomic E-state index is 15.1. The molecule has 4 N–H and O–H groups in total. The summed E-state index contributed by atoms with van der Waals surface area (Å²) in [5.74, 6) is -7.91. The minimum atomic E-state index is -1.54. The molecule has 0 saturated heterocycles. The Morgan fingerprint density at radius 2 is 1.50 bits per heavy atom. The van der Waals surface area contributed by atoms with E-state index in [2.05, 4.69) is 10.6 Å². The minimum Gasteiger partial charge on any atom is -0.505 e. The Morgan fingerprint density at radius 1 is 0.780 bits per heavy atom. The number of fused-ring (bicyclic) bond motifs is 1. The summed E-state index contributed by atoms with van der Waals surface area (Å²) in [6.45, 7) is 1.36. The number of aryl methyl sites for hydroxylation is 1. The number of carbonyl (C=O) groups is 1. The normalized spacial score (nSPS) is 11.2. The van der Waals surface area contributed by atoms with E-state index in [0.717, 1.165) is 27.3 Å². The van der Waals surface area contributed by atoms with Gasteiger partial charge < -0.3 is 20.8 Å². The summed E-state index contributed by atoms with van der Waals surface area (Å²) in [6, 6.07) is 13.7. The average Bonchev–Trinajstić information content (AvgIpc) is 3.07. The van der Waals surface area contributed by atoms with Crippen LogP contribution in [0.15, 0.2) is 87.2 Å². The Balaban J connectivity index is 1.65. The number of benzene rings is 4. The number of phenols is 2. The highest BCUT2D eigenvalue weighted by atomic mass is 127. The van der Waals surface area contributed by atoms with Crippen LogP contribution in [0.5, 0.6) is 11.5 Å². The Labute approximate surface area is 291 Å². The first-order valence-corrected chi connectivity index (χ1v) is 15.5. The van der Waals surface area contributed by atoms with Crippen molar-refractivity contribution in [1.82, 2.24) is 13.7 Å². The monoisotopic (exact) mass is 799 g/mol. The van der Waals surface area contributed by atoms with E-state index >= 15 is 4.39 Å². The van der Waals surface area contributed by atoms with Gasteiger partial charge in [0.2, 0.25) is 0 Å². The SMILES string of the molecule is Cc1c(=O)n(C)c(Nc2ccc(I)cc2F)c2c(=O)n(-c3ccc(O)c(F)c3)c(=O)n(-c3cccc(NC(=O)c4cc(O)c(F)c(F)c4)c3)c12. The summed E-state index contributed by atoms with van der Waals surface area (Å²) in [6.07, 6.45) is 0. The Bertz CT molecular complexity index is 2580. The highest BCUT2D eigenvalue weighted by molar-refractivity contribution is 14.1. The van der Waals surface area contributed by atoms with E-state index in [1.807, 2.05) is 22.6 Å². The van der Waals surface area contributed by atoms with Crippen molar-refractivity contribution >= 4 is 56.6 Å². The van der Waals surface area contributed by atoms with Crippen molar-refractivity contribution in [2.24, 2.45) is 7.05 Å². The van der Waals surface area contributed by atoms with Gasteiger partial charge in [0.15, 0.2) is 29.0 Å². The third-order valence-corrected chi connectivity index (χ3v) is 8.49. The quantitative estimate of drug-likeness (QED) is 0.125. The number of halogens is 5. The molecule has 11 nitrogen and oxygen atoms in total. The van der Waals surface area contributed by atoms with Crippen molar-refractivity contribution in [2.75, 3.05) is 10.6 Å². The number of rotatable bonds is 6. The van der Waals surface area contributed by atoms with Gasteiger partial charge in [0.1, 0.15) is 17.0 Å². The van der Waals surface area contributed by atoms with Crippen molar-refractivity contribution < 1.29 is 32.6 Å². The number of amides is 1. The molecule has 0 aliphatic heterocycles. The predicted octanol–water partition coefficient (Wildman–Crippen LogP) is 5.72. The number of aromatic hydroxyl groups is 2. The zero-order chi connectivity index (χ0) is 36.2. The molecule has 0 spiro atoms. The van der Waals surface area contributed by atoms with Crippen LogP contribution in [0.1, 0.15) is 15.9 Å². The van der Waals surface area contributed by atoms with Crippen LogP contribution in [0.3, 0.4) is 0 Å². The maximum Gasteiger partial charge on any atom is 0.340 e. The fourth-order valence-corrected chi connectivity index (χ4v) is 5.85. The number of nitrogens with one attached hydrogen (secondary N) is 2. The van der Waals surface area contributed by atoms with Gasteiger partial charge in [-0.05, 0) is 90.2 Å². The van der Waals surface area contributed by atoms with Crippen LogP contribution < -0.4 is 27.4 Å². The van der Waals surface area contributed by atoms with Gasteiger partial charge in [-0.1, -0.05) is 6.07 Å². The number of aromatic nitrogens is 3. The third kappa shape index (κ3) is 5.86. The van der Waals surface area contributed by atoms with Gasteiger partial charge in [-0.15, -0.1) is 0 Å². The predicted molar refractivity (Wildman–Crippen MR) is 185 cm³/mol. The van der Waals surface area contributed by atoms with Crippen molar-refractivity contribution in [2.45, 2.75) is 6.92 Å². The summed E-state index contributed by atoms with van der Waals surface area (Å²) in [7, 11) is 1.33. The third-order valence-electron chi connectivity index (χ3n) is 7.82. The number of pyridine rings is 1. The zero-order valence-corrected chi connectivity index (χ0v) is 27.8. The van der Waals surface area contributed by atoms with Gasteiger partial charge >= 0.3 is 5.69 Å². The van der Waals surface area contributed by atoms with Crippen LogP contribution in [-0.4, -0.2) is 29.8 Å². The van der Waals surface area contributed by atoms with E-state index in [1.54, 1.807) is 6.07 Å². The van der Waals surface area contributed by atoms with Gasteiger partial charge in [-0.3, -0.25) is 23.5 Å². The van der Waals surface area contributed by atoms with Crippen molar-refractivity contribution in [3.63, 3.8) is 0 Å². The molecule has 50 heavy (non-hydrogen) atoms. The standard InChI is InChI=1S/C34H22F4IN5O6/c1-15-29-27(30(42(2)32(15)48)41-24-8-6-17(39)12-21(24)35)33(49)44(20-7-9-25(45)22(36)14-20)34(50)43(29)19-5-3-4-18(13-19)40-31(47)16-10-23(37)28(38)26(46)11-16/h3-14,41,45-46H,1-2H3,(H,40,47). The van der Waals surface area contributed by atoms with Gasteiger partial charge in [0.25, 0.3) is 17.0 Å². The molecule has 16 heteroatoms. The van der Waals surface area contributed by atoms with Gasteiger partial charge in [0, 0.05) is 33.5 Å². The molecule has 0 atom stereocenters. The van der Waals surface area contributed by atoms with Crippen LogP contribution in [0.4, 0.5) is 34.8 Å². The summed E-state index contributed by atoms with van der Waals surface area (Å²) in [4.78, 5) is 55.2. The lowest BCUT2D eigenvalue weighted by Crippen LogP contribution is -2.40. The first kappa shape index (κ1) is 34.0. The topological polar surface area (TPSA) is 148 Å². The second kappa shape index (κ2) is 12.8. The van der Waals surface area contributed by atoms with Crippen LogP contribution >= 0.6 is 22.6 Å². The molecule has 0 bridgehead atoms. The van der Waals surface area contributed by atoms with E-state index in [1.165, 1.54) is 50.4 Å². The largest absolute Gasteiger partial charge is 0.505 e. The van der Waals surface area contributed by atoms with Crippen LogP contribution in [0.25, 0.3) is 22.3 Å². The van der Waals surface area contributed by atoms with Crippen LogP contribution in [0.2, 0.25) is 0 Å². The molecule has 6 aromatic rings. The summed E-state index contributed by atoms with van der Waals surface area (Å²) < 4.78 is 60.4. The Morgan fingerprint density at radius 3 is 2.18 bits per heavy atom. The van der Waals surface area contributed by atoms with E-state index < -0.39 is 63.0 Å². The molecular weight excluding hydrogens is 777 g/mol. The molecule has 0 saturated carbocycles. The number of anilines is 3. The van der Waals surface area contributed by atoms with Gasteiger partial charge in [-0.2, -0.15) is 4.39 Å². The molecular formula is C34H22F4IN5O6. The molecule has 0 aliphatic rings. The lowest BCUT2D eigenvalue weighted by atomic mass is 10.1. The molecule has 0 unspecified atom stereocenters. The highest BCUT2D eigenvalue weighted by Gasteiger charge is 2.25. The molecule has 1 amide bonds. The minimum absolute atomic E-state index is 0.00555. The molecule has 2 aromatic heterocycles. The average molecular weight is 799 g/mol. The number of carbonyl (C=O) groups excluding carboxylic acids is 1. The number of hydrogen-bond donors (Lipinski definition) is 4.